The molecular formula is C30H39FN4O3. The third-order valence-corrected chi connectivity index (χ3v) is 7.68. The second-order valence-corrected chi connectivity index (χ2v) is 10.7. The van der Waals surface area contributed by atoms with Crippen molar-refractivity contribution in [2.45, 2.75) is 76.4 Å². The Bertz CT molecular complexity index is 1150. The second kappa shape index (κ2) is 12.4. The number of amides is 4. The van der Waals surface area contributed by atoms with Gasteiger partial charge in [0.05, 0.1) is 0 Å². The molecule has 1 saturated carbocycles. The highest BCUT2D eigenvalue weighted by molar-refractivity contribution is 6.05. The zero-order valence-electron chi connectivity index (χ0n) is 22.7. The molecule has 38 heavy (non-hydrogen) atoms. The average molecular weight is 523 g/mol. The van der Waals surface area contributed by atoms with Gasteiger partial charge in [0.25, 0.3) is 5.91 Å². The lowest BCUT2D eigenvalue weighted by molar-refractivity contribution is -0.129. The minimum Gasteiger partial charge on any atom is -0.351 e. The van der Waals surface area contributed by atoms with Gasteiger partial charge in [-0.2, -0.15) is 0 Å². The van der Waals surface area contributed by atoms with Crippen LogP contribution < -0.4 is 10.2 Å². The van der Waals surface area contributed by atoms with Crippen LogP contribution >= 0.6 is 0 Å². The molecule has 7 nitrogen and oxygen atoms in total. The summed E-state index contributed by atoms with van der Waals surface area (Å²) in [6.07, 6.45) is 7.11. The number of hydrogen-bond acceptors (Lipinski definition) is 3. The van der Waals surface area contributed by atoms with Gasteiger partial charge in [0.15, 0.2) is 0 Å². The normalized spacial score (nSPS) is 18.9. The Morgan fingerprint density at radius 3 is 2.34 bits per heavy atom. The van der Waals surface area contributed by atoms with E-state index in [9.17, 15) is 18.8 Å². The second-order valence-electron chi connectivity index (χ2n) is 10.7. The molecule has 2 aromatic carbocycles. The minimum absolute atomic E-state index is 0.0359. The summed E-state index contributed by atoms with van der Waals surface area (Å²) in [6.45, 7) is 2.36. The lowest BCUT2D eigenvalue weighted by atomic mass is 9.93. The summed E-state index contributed by atoms with van der Waals surface area (Å²) >= 11 is 0. The van der Waals surface area contributed by atoms with E-state index in [-0.39, 0.29) is 23.9 Å². The summed E-state index contributed by atoms with van der Waals surface area (Å²) in [5.74, 6) is -1.16. The molecule has 1 N–H and O–H groups in total. The summed E-state index contributed by atoms with van der Waals surface area (Å²) < 4.78 is 14.6. The van der Waals surface area contributed by atoms with Crippen LogP contribution in [0.4, 0.5) is 14.9 Å². The third kappa shape index (κ3) is 6.17. The van der Waals surface area contributed by atoms with Crippen LogP contribution in [-0.2, 0) is 9.59 Å². The van der Waals surface area contributed by atoms with Gasteiger partial charge in [-0.25, -0.2) is 9.18 Å². The Hall–Kier alpha value is -3.42. The number of piperidine rings is 1. The zero-order valence-corrected chi connectivity index (χ0v) is 22.7. The van der Waals surface area contributed by atoms with Crippen LogP contribution in [0.2, 0.25) is 0 Å². The molecule has 0 spiro atoms. The average Bonchev–Trinajstić information content (AvgIpc) is 2.92. The molecule has 4 amide bonds. The van der Waals surface area contributed by atoms with Crippen LogP contribution in [0.15, 0.2) is 48.5 Å². The molecule has 1 saturated heterocycles. The van der Waals surface area contributed by atoms with Gasteiger partial charge in [0.1, 0.15) is 17.9 Å². The van der Waals surface area contributed by atoms with Crippen LogP contribution in [0.25, 0.3) is 0 Å². The van der Waals surface area contributed by atoms with E-state index >= 15 is 0 Å². The first-order valence-corrected chi connectivity index (χ1v) is 13.7. The van der Waals surface area contributed by atoms with Gasteiger partial charge in [-0.1, -0.05) is 49.6 Å². The number of benzene rings is 2. The quantitative estimate of drug-likeness (QED) is 0.567. The van der Waals surface area contributed by atoms with Crippen molar-refractivity contribution in [2.75, 3.05) is 25.5 Å². The molecule has 2 atom stereocenters. The number of anilines is 1. The number of urea groups is 1. The van der Waals surface area contributed by atoms with Gasteiger partial charge in [0.2, 0.25) is 5.91 Å². The number of nitrogens with one attached hydrogen (secondary N) is 1. The van der Waals surface area contributed by atoms with Gasteiger partial charge >= 0.3 is 6.03 Å². The Balaban J connectivity index is 1.81. The Morgan fingerprint density at radius 1 is 0.947 bits per heavy atom. The van der Waals surface area contributed by atoms with E-state index in [4.69, 9.17) is 0 Å². The first-order valence-electron chi connectivity index (χ1n) is 13.7. The molecule has 204 valence electrons. The van der Waals surface area contributed by atoms with Crippen molar-refractivity contribution < 1.29 is 18.8 Å². The lowest BCUT2D eigenvalue weighted by Crippen LogP contribution is -2.57. The molecule has 1 heterocycles. The fourth-order valence-corrected chi connectivity index (χ4v) is 5.68. The van der Waals surface area contributed by atoms with E-state index < -0.39 is 17.9 Å². The fraction of sp³-hybridized carbons (Fsp3) is 0.500. The van der Waals surface area contributed by atoms with Crippen molar-refractivity contribution in [2.24, 2.45) is 0 Å². The molecule has 2 fully saturated rings. The fourth-order valence-electron chi connectivity index (χ4n) is 5.68. The molecule has 1 aliphatic heterocycles. The standard InChI is InChI=1S/C30H39FN4O3/c1-21-12-7-8-17-25(21)27(28(36)32-23-14-5-4-6-15-23)35(24-16-11-13-22(31)20-24)29(37)26-18-9-10-19-34(26)30(38)33(2)3/h7-8,11-13,16-17,20,23,26-27H,4-6,9-10,14-15,18-19H2,1-3H3,(H,32,36). The van der Waals surface area contributed by atoms with Crippen molar-refractivity contribution >= 4 is 23.5 Å². The summed E-state index contributed by atoms with van der Waals surface area (Å²) in [6, 6.07) is 11.3. The van der Waals surface area contributed by atoms with Crippen molar-refractivity contribution in [1.82, 2.24) is 15.1 Å². The highest BCUT2D eigenvalue weighted by Gasteiger charge is 2.41. The maximum absolute atomic E-state index is 14.6. The van der Waals surface area contributed by atoms with E-state index in [1.54, 1.807) is 31.1 Å². The number of carbonyl (C=O) groups excluding carboxylic acids is 3. The SMILES string of the molecule is Cc1ccccc1C(C(=O)NC1CCCCC1)N(C(=O)C1CCCCN1C(=O)N(C)C)c1cccc(F)c1. The number of likely N-dealkylation sites (tertiary alicyclic amines) is 1. The van der Waals surface area contributed by atoms with Crippen molar-refractivity contribution in [3.05, 3.63) is 65.5 Å². The highest BCUT2D eigenvalue weighted by Crippen LogP contribution is 2.34. The van der Waals surface area contributed by atoms with Crippen LogP contribution in [0, 0.1) is 12.7 Å². The van der Waals surface area contributed by atoms with E-state index in [1.807, 2.05) is 31.2 Å². The summed E-state index contributed by atoms with van der Waals surface area (Å²) in [7, 11) is 3.33. The molecule has 2 aromatic rings. The molecule has 2 unspecified atom stereocenters. The van der Waals surface area contributed by atoms with E-state index in [0.29, 0.717) is 24.2 Å². The highest BCUT2D eigenvalue weighted by atomic mass is 19.1. The maximum atomic E-state index is 14.6. The molecule has 0 bridgehead atoms. The third-order valence-electron chi connectivity index (χ3n) is 7.68. The van der Waals surface area contributed by atoms with Crippen molar-refractivity contribution in [1.29, 1.82) is 0 Å². The molecule has 0 aromatic heterocycles. The van der Waals surface area contributed by atoms with Gasteiger partial charge in [0, 0.05) is 32.4 Å². The van der Waals surface area contributed by atoms with Gasteiger partial charge in [-0.3, -0.25) is 14.5 Å². The van der Waals surface area contributed by atoms with Crippen LogP contribution in [0.3, 0.4) is 0 Å². The Labute approximate surface area is 225 Å². The number of aryl methyl sites for hydroxylation is 1. The topological polar surface area (TPSA) is 73.0 Å². The number of halogens is 1. The number of carbonyl (C=O) groups is 3. The van der Waals surface area contributed by atoms with Gasteiger partial charge in [-0.05, 0) is 68.4 Å². The van der Waals surface area contributed by atoms with Crippen molar-refractivity contribution in [3.63, 3.8) is 0 Å². The molecule has 2 aliphatic rings. The molecule has 8 heteroatoms. The first kappa shape index (κ1) is 27.6. The smallest absolute Gasteiger partial charge is 0.320 e. The van der Waals surface area contributed by atoms with E-state index in [1.165, 1.54) is 21.9 Å². The van der Waals surface area contributed by atoms with Gasteiger partial charge in [-0.15, -0.1) is 0 Å². The first-order chi connectivity index (χ1) is 18.3. The Kier molecular flexibility index (Phi) is 9.02. The van der Waals surface area contributed by atoms with E-state index in [2.05, 4.69) is 5.32 Å². The van der Waals surface area contributed by atoms with Crippen molar-refractivity contribution in [3.8, 4) is 0 Å². The summed E-state index contributed by atoms with van der Waals surface area (Å²) in [5, 5.41) is 3.20. The molecular weight excluding hydrogens is 483 g/mol. The molecule has 4 rings (SSSR count). The monoisotopic (exact) mass is 522 g/mol. The summed E-state index contributed by atoms with van der Waals surface area (Å²) in [4.78, 5) is 46.1. The van der Waals surface area contributed by atoms with Crippen LogP contribution in [0.1, 0.15) is 68.5 Å². The summed E-state index contributed by atoms with van der Waals surface area (Å²) in [5.41, 5.74) is 1.83. The predicted molar refractivity (Wildman–Crippen MR) is 146 cm³/mol. The number of nitrogens with zero attached hydrogens (tertiary/aromatic N) is 3. The lowest BCUT2D eigenvalue weighted by Gasteiger charge is -2.41. The Morgan fingerprint density at radius 2 is 1.66 bits per heavy atom. The predicted octanol–water partition coefficient (Wildman–Crippen LogP) is 5.19. The molecule has 0 radical (unpaired) electrons. The zero-order chi connectivity index (χ0) is 27.2. The van der Waals surface area contributed by atoms with E-state index in [0.717, 1.165) is 50.5 Å². The largest absolute Gasteiger partial charge is 0.351 e. The molecule has 1 aliphatic carbocycles. The number of rotatable bonds is 6. The van der Waals surface area contributed by atoms with Crippen LogP contribution in [-0.4, -0.2) is 60.4 Å². The minimum atomic E-state index is -1.01. The maximum Gasteiger partial charge on any atom is 0.320 e. The van der Waals surface area contributed by atoms with Gasteiger partial charge < -0.3 is 15.1 Å². The van der Waals surface area contributed by atoms with Crippen LogP contribution in [0.5, 0.6) is 0 Å². The number of hydrogen-bond donors (Lipinski definition) is 1.